The van der Waals surface area contributed by atoms with Crippen LogP contribution in [-0.2, 0) is 0 Å². The SMILES string of the molecule is COc1ccc(C2CC(=O)c3cc(Cl)ccc3O2)cc1O. The Kier molecular flexibility index (Phi) is 3.47. The molecule has 1 aliphatic heterocycles. The number of fused-ring (bicyclic) bond motifs is 1. The molecule has 1 heterocycles. The van der Waals surface area contributed by atoms with Gasteiger partial charge >= 0.3 is 0 Å². The minimum Gasteiger partial charge on any atom is -0.504 e. The van der Waals surface area contributed by atoms with Crippen molar-refractivity contribution in [2.24, 2.45) is 0 Å². The van der Waals surface area contributed by atoms with Gasteiger partial charge in [-0.25, -0.2) is 0 Å². The van der Waals surface area contributed by atoms with Gasteiger partial charge in [0.1, 0.15) is 11.9 Å². The third-order valence-corrected chi connectivity index (χ3v) is 3.69. The van der Waals surface area contributed by atoms with Crippen LogP contribution in [0.4, 0.5) is 0 Å². The fourth-order valence-corrected chi connectivity index (χ4v) is 2.56. The van der Waals surface area contributed by atoms with Gasteiger partial charge in [-0.2, -0.15) is 0 Å². The highest BCUT2D eigenvalue weighted by Gasteiger charge is 2.28. The Morgan fingerprint density at radius 2 is 2.10 bits per heavy atom. The number of aromatic hydroxyl groups is 1. The van der Waals surface area contributed by atoms with Crippen LogP contribution in [0.2, 0.25) is 5.02 Å². The van der Waals surface area contributed by atoms with Crippen LogP contribution in [0.15, 0.2) is 36.4 Å². The van der Waals surface area contributed by atoms with Crippen LogP contribution in [0.25, 0.3) is 0 Å². The van der Waals surface area contributed by atoms with Gasteiger partial charge < -0.3 is 14.6 Å². The first-order valence-corrected chi connectivity index (χ1v) is 6.82. The first-order valence-electron chi connectivity index (χ1n) is 6.45. The Morgan fingerprint density at radius 1 is 1.29 bits per heavy atom. The molecule has 2 aromatic rings. The van der Waals surface area contributed by atoms with E-state index in [0.717, 1.165) is 5.56 Å². The molecule has 108 valence electrons. The average molecular weight is 305 g/mol. The number of phenolic OH excluding ortho intramolecular Hbond substituents is 1. The van der Waals surface area contributed by atoms with Crippen molar-refractivity contribution in [1.29, 1.82) is 0 Å². The van der Waals surface area contributed by atoms with Crippen LogP contribution in [0, 0.1) is 0 Å². The number of halogens is 1. The molecule has 3 rings (SSSR count). The van der Waals surface area contributed by atoms with E-state index in [2.05, 4.69) is 0 Å². The minimum atomic E-state index is -0.428. The molecule has 21 heavy (non-hydrogen) atoms. The molecule has 5 heteroatoms. The number of carbonyl (C=O) groups is 1. The summed E-state index contributed by atoms with van der Waals surface area (Å²) in [6, 6.07) is 9.96. The predicted octanol–water partition coefficient (Wildman–Crippen LogP) is 3.76. The summed E-state index contributed by atoms with van der Waals surface area (Å²) in [5, 5.41) is 10.3. The van der Waals surface area contributed by atoms with Crippen LogP contribution >= 0.6 is 11.6 Å². The van der Waals surface area contributed by atoms with Gasteiger partial charge in [-0.3, -0.25) is 4.79 Å². The summed E-state index contributed by atoms with van der Waals surface area (Å²) >= 11 is 5.89. The number of carbonyl (C=O) groups excluding carboxylic acids is 1. The van der Waals surface area contributed by atoms with Crippen LogP contribution in [-0.4, -0.2) is 18.0 Å². The highest BCUT2D eigenvalue weighted by atomic mass is 35.5. The lowest BCUT2D eigenvalue weighted by Crippen LogP contribution is -2.20. The van der Waals surface area contributed by atoms with Gasteiger partial charge in [0.15, 0.2) is 17.3 Å². The molecule has 0 fully saturated rings. The van der Waals surface area contributed by atoms with Crippen LogP contribution < -0.4 is 9.47 Å². The Hall–Kier alpha value is -2.20. The van der Waals surface area contributed by atoms with E-state index in [-0.39, 0.29) is 18.0 Å². The first-order chi connectivity index (χ1) is 10.1. The average Bonchev–Trinajstić information content (AvgIpc) is 2.47. The maximum Gasteiger partial charge on any atom is 0.170 e. The molecule has 0 spiro atoms. The molecular weight excluding hydrogens is 292 g/mol. The molecule has 0 bridgehead atoms. The van der Waals surface area contributed by atoms with Gasteiger partial charge in [0.25, 0.3) is 0 Å². The number of methoxy groups -OCH3 is 1. The largest absolute Gasteiger partial charge is 0.504 e. The number of hydrogen-bond acceptors (Lipinski definition) is 4. The fourth-order valence-electron chi connectivity index (χ4n) is 2.39. The topological polar surface area (TPSA) is 55.8 Å². The zero-order chi connectivity index (χ0) is 15.0. The summed E-state index contributed by atoms with van der Waals surface area (Å²) in [5.41, 5.74) is 1.22. The second-order valence-electron chi connectivity index (χ2n) is 4.81. The molecule has 0 aromatic heterocycles. The number of rotatable bonds is 2. The Bertz CT molecular complexity index is 711. The minimum absolute atomic E-state index is 0.0213. The Morgan fingerprint density at radius 3 is 2.81 bits per heavy atom. The first kappa shape index (κ1) is 13.8. The smallest absolute Gasteiger partial charge is 0.170 e. The van der Waals surface area contributed by atoms with E-state index in [1.54, 1.807) is 36.4 Å². The van der Waals surface area contributed by atoms with Crippen LogP contribution in [0.1, 0.15) is 28.4 Å². The number of ketones is 1. The third-order valence-electron chi connectivity index (χ3n) is 3.46. The van der Waals surface area contributed by atoms with E-state index in [1.165, 1.54) is 7.11 Å². The van der Waals surface area contributed by atoms with Gasteiger partial charge in [0.2, 0.25) is 0 Å². The molecule has 0 saturated carbocycles. The van der Waals surface area contributed by atoms with Crippen LogP contribution in [0.5, 0.6) is 17.2 Å². The predicted molar refractivity (Wildman–Crippen MR) is 78.4 cm³/mol. The lowest BCUT2D eigenvalue weighted by molar-refractivity contribution is 0.0849. The lowest BCUT2D eigenvalue weighted by atomic mass is 9.96. The van der Waals surface area contributed by atoms with E-state index >= 15 is 0 Å². The Balaban J connectivity index is 1.94. The molecule has 0 saturated heterocycles. The van der Waals surface area contributed by atoms with Crippen molar-refractivity contribution < 1.29 is 19.4 Å². The van der Waals surface area contributed by atoms with E-state index in [1.807, 2.05) is 0 Å². The van der Waals surface area contributed by atoms with Crippen molar-refractivity contribution in [1.82, 2.24) is 0 Å². The van der Waals surface area contributed by atoms with Gasteiger partial charge in [-0.05, 0) is 35.9 Å². The van der Waals surface area contributed by atoms with Crippen molar-refractivity contribution >= 4 is 17.4 Å². The maximum absolute atomic E-state index is 12.2. The molecule has 1 N–H and O–H groups in total. The third kappa shape index (κ3) is 2.54. The number of benzene rings is 2. The van der Waals surface area contributed by atoms with Gasteiger partial charge in [0, 0.05) is 5.02 Å². The molecule has 1 unspecified atom stereocenters. The van der Waals surface area contributed by atoms with Gasteiger partial charge in [-0.15, -0.1) is 0 Å². The molecule has 0 aliphatic carbocycles. The normalized spacial score (nSPS) is 17.0. The lowest BCUT2D eigenvalue weighted by Gasteiger charge is -2.25. The molecule has 0 amide bonds. The van der Waals surface area contributed by atoms with E-state index in [9.17, 15) is 9.90 Å². The van der Waals surface area contributed by atoms with E-state index in [0.29, 0.717) is 22.1 Å². The van der Waals surface area contributed by atoms with Gasteiger partial charge in [-0.1, -0.05) is 17.7 Å². The standard InChI is InChI=1S/C16H13ClO4/c1-20-15-4-2-9(6-13(15)19)16-8-12(18)11-7-10(17)3-5-14(11)21-16/h2-7,16,19H,8H2,1H3. The number of ether oxygens (including phenoxy) is 2. The van der Waals surface area contributed by atoms with Crippen molar-refractivity contribution in [2.45, 2.75) is 12.5 Å². The zero-order valence-electron chi connectivity index (χ0n) is 11.3. The van der Waals surface area contributed by atoms with Crippen molar-refractivity contribution in [2.75, 3.05) is 7.11 Å². The number of Topliss-reactive ketones (excluding diaryl/α,β-unsaturated/α-hetero) is 1. The monoisotopic (exact) mass is 304 g/mol. The second-order valence-corrected chi connectivity index (χ2v) is 5.24. The molecular formula is C16H13ClO4. The van der Waals surface area contributed by atoms with Crippen LogP contribution in [0.3, 0.4) is 0 Å². The number of hydrogen-bond donors (Lipinski definition) is 1. The summed E-state index contributed by atoms with van der Waals surface area (Å²) in [4.78, 5) is 12.2. The molecule has 4 nitrogen and oxygen atoms in total. The summed E-state index contributed by atoms with van der Waals surface area (Å²) in [7, 11) is 1.48. The summed E-state index contributed by atoms with van der Waals surface area (Å²) < 4.78 is 10.8. The molecule has 1 atom stereocenters. The quantitative estimate of drug-likeness (QED) is 0.918. The highest BCUT2D eigenvalue weighted by Crippen LogP contribution is 2.38. The summed E-state index contributed by atoms with van der Waals surface area (Å²) in [5.74, 6) is 0.885. The second kappa shape index (κ2) is 5.30. The summed E-state index contributed by atoms with van der Waals surface area (Å²) in [6.07, 6.45) is -0.220. The van der Waals surface area contributed by atoms with Crippen molar-refractivity contribution in [3.05, 3.63) is 52.5 Å². The maximum atomic E-state index is 12.2. The molecule has 1 aliphatic rings. The molecule has 0 radical (unpaired) electrons. The van der Waals surface area contributed by atoms with E-state index in [4.69, 9.17) is 21.1 Å². The highest BCUT2D eigenvalue weighted by molar-refractivity contribution is 6.31. The Labute approximate surface area is 126 Å². The summed E-state index contributed by atoms with van der Waals surface area (Å²) in [6.45, 7) is 0. The fraction of sp³-hybridized carbons (Fsp3) is 0.188. The zero-order valence-corrected chi connectivity index (χ0v) is 12.1. The number of phenols is 1. The van der Waals surface area contributed by atoms with Gasteiger partial charge in [0.05, 0.1) is 19.1 Å². The van der Waals surface area contributed by atoms with Crippen molar-refractivity contribution in [3.8, 4) is 17.2 Å². The van der Waals surface area contributed by atoms with E-state index < -0.39 is 6.10 Å². The van der Waals surface area contributed by atoms with Crippen molar-refractivity contribution in [3.63, 3.8) is 0 Å². The molecule has 2 aromatic carbocycles.